The molecular formula is C21H15BrN4O3. The number of hydrogen-bond donors (Lipinski definition) is 1. The molecule has 0 atom stereocenters. The number of hydrogen-bond acceptors (Lipinski definition) is 5. The largest absolute Gasteiger partial charge is 0.493 e. The van der Waals surface area contributed by atoms with Gasteiger partial charge >= 0.3 is 0 Å². The Hall–Kier alpha value is -3.52. The molecule has 0 aliphatic carbocycles. The number of benzene rings is 3. The van der Waals surface area contributed by atoms with Gasteiger partial charge in [-0.3, -0.25) is 10.1 Å². The molecule has 8 heteroatoms. The number of fused-ring (bicyclic) bond motifs is 1. The Bertz CT molecular complexity index is 1220. The first-order chi connectivity index (χ1) is 14.0. The number of rotatable bonds is 5. The summed E-state index contributed by atoms with van der Waals surface area (Å²) in [7, 11) is 0. The molecule has 4 aromatic rings. The van der Waals surface area contributed by atoms with Crippen LogP contribution in [0, 0.1) is 10.1 Å². The summed E-state index contributed by atoms with van der Waals surface area (Å²) < 4.78 is 2.77. The summed E-state index contributed by atoms with van der Waals surface area (Å²) in [5, 5.41) is 30.7. The highest BCUT2D eigenvalue weighted by Gasteiger charge is 2.16. The summed E-state index contributed by atoms with van der Waals surface area (Å²) >= 11 is 3.42. The predicted molar refractivity (Wildman–Crippen MR) is 114 cm³/mol. The molecule has 0 saturated carbocycles. The number of aromatic nitrogens is 1. The second-order valence-electron chi connectivity index (χ2n) is 6.38. The fraction of sp³-hybridized carbons (Fsp3) is 0.0476. The maximum atomic E-state index is 10.8. The minimum Gasteiger partial charge on any atom is -0.493 e. The highest BCUT2D eigenvalue weighted by molar-refractivity contribution is 9.10. The van der Waals surface area contributed by atoms with Gasteiger partial charge in [-0.2, -0.15) is 5.11 Å². The second kappa shape index (κ2) is 7.84. The van der Waals surface area contributed by atoms with E-state index in [4.69, 9.17) is 0 Å². The van der Waals surface area contributed by atoms with Crippen LogP contribution in [0.3, 0.4) is 0 Å². The van der Waals surface area contributed by atoms with E-state index in [0.717, 1.165) is 20.9 Å². The molecule has 4 rings (SSSR count). The smallest absolute Gasteiger partial charge is 0.269 e. The van der Waals surface area contributed by atoms with Crippen molar-refractivity contribution in [3.63, 3.8) is 0 Å². The predicted octanol–water partition coefficient (Wildman–Crippen LogP) is 6.48. The molecule has 1 N–H and O–H groups in total. The van der Waals surface area contributed by atoms with Crippen molar-refractivity contribution in [1.29, 1.82) is 0 Å². The number of nitrogens with zero attached hydrogens (tertiary/aromatic N) is 4. The van der Waals surface area contributed by atoms with Crippen molar-refractivity contribution in [3.05, 3.63) is 92.9 Å². The first-order valence-corrected chi connectivity index (χ1v) is 9.53. The number of nitro benzene ring substituents is 1. The normalized spacial score (nSPS) is 11.3. The third-order valence-electron chi connectivity index (χ3n) is 4.50. The van der Waals surface area contributed by atoms with E-state index in [-0.39, 0.29) is 11.6 Å². The van der Waals surface area contributed by atoms with E-state index in [1.54, 1.807) is 4.57 Å². The van der Waals surface area contributed by atoms with Crippen molar-refractivity contribution < 1.29 is 10.0 Å². The summed E-state index contributed by atoms with van der Waals surface area (Å²) in [6.45, 7) is 0.479. The zero-order valence-corrected chi connectivity index (χ0v) is 16.7. The molecular weight excluding hydrogens is 436 g/mol. The zero-order chi connectivity index (χ0) is 20.4. The van der Waals surface area contributed by atoms with Gasteiger partial charge in [-0.1, -0.05) is 46.3 Å². The minimum atomic E-state index is -0.470. The standard InChI is InChI=1S/C21H15BrN4O3/c22-15-7-5-14(6-8-15)13-25-19-4-2-1-3-18(19)20(21(25)27)24-23-16-9-11-17(12-10-16)26(28)29/h1-12,27H,13H2. The quantitative estimate of drug-likeness (QED) is 0.214. The average molecular weight is 451 g/mol. The van der Waals surface area contributed by atoms with Gasteiger partial charge in [-0.25, -0.2) is 0 Å². The Labute approximate surface area is 174 Å². The monoisotopic (exact) mass is 450 g/mol. The molecule has 1 heterocycles. The first kappa shape index (κ1) is 18.8. The van der Waals surface area contributed by atoms with Crippen molar-refractivity contribution in [1.82, 2.24) is 4.57 Å². The highest BCUT2D eigenvalue weighted by atomic mass is 79.9. The Balaban J connectivity index is 1.72. The van der Waals surface area contributed by atoms with Crippen LogP contribution in [0.1, 0.15) is 5.56 Å². The molecule has 0 radical (unpaired) electrons. The SMILES string of the molecule is O=[N+]([O-])c1ccc(N=Nc2c(O)n(Cc3ccc(Br)cc3)c3ccccc23)cc1. The van der Waals surface area contributed by atoms with Crippen molar-refractivity contribution in [2.75, 3.05) is 0 Å². The summed E-state index contributed by atoms with van der Waals surface area (Å²) in [6, 6.07) is 21.2. The molecule has 29 heavy (non-hydrogen) atoms. The van der Waals surface area contributed by atoms with Gasteiger partial charge in [0.2, 0.25) is 5.88 Å². The molecule has 0 saturated heterocycles. The molecule has 0 aliphatic rings. The maximum absolute atomic E-state index is 10.8. The molecule has 0 aliphatic heterocycles. The summed E-state index contributed by atoms with van der Waals surface area (Å²) in [5.74, 6) is 0.0137. The van der Waals surface area contributed by atoms with Crippen LogP contribution in [0.15, 0.2) is 87.5 Å². The third-order valence-corrected chi connectivity index (χ3v) is 5.03. The van der Waals surface area contributed by atoms with Crippen LogP contribution in [0.5, 0.6) is 5.88 Å². The Morgan fingerprint density at radius 1 is 0.966 bits per heavy atom. The number of azo groups is 1. The lowest BCUT2D eigenvalue weighted by Gasteiger charge is -2.07. The van der Waals surface area contributed by atoms with Crippen LogP contribution in [-0.2, 0) is 6.54 Å². The fourth-order valence-corrected chi connectivity index (χ4v) is 3.32. The highest BCUT2D eigenvalue weighted by Crippen LogP contribution is 2.40. The number of aromatic hydroxyl groups is 1. The van der Waals surface area contributed by atoms with Crippen LogP contribution in [0.4, 0.5) is 17.1 Å². The van der Waals surface area contributed by atoms with Gasteiger partial charge in [-0.15, -0.1) is 5.11 Å². The van der Waals surface area contributed by atoms with Crippen LogP contribution in [0.25, 0.3) is 10.9 Å². The van der Waals surface area contributed by atoms with Crippen molar-refractivity contribution in [2.24, 2.45) is 10.2 Å². The summed E-state index contributed by atoms with van der Waals surface area (Å²) in [5.41, 5.74) is 2.67. The van der Waals surface area contributed by atoms with Gasteiger partial charge < -0.3 is 9.67 Å². The van der Waals surface area contributed by atoms with Gasteiger partial charge in [0.25, 0.3) is 5.69 Å². The lowest BCUT2D eigenvalue weighted by atomic mass is 10.2. The van der Waals surface area contributed by atoms with Crippen LogP contribution in [-0.4, -0.2) is 14.6 Å². The van der Waals surface area contributed by atoms with Gasteiger partial charge in [-0.05, 0) is 35.9 Å². The number of halogens is 1. The van der Waals surface area contributed by atoms with Crippen molar-refractivity contribution in [2.45, 2.75) is 6.54 Å². The minimum absolute atomic E-state index is 0.0137. The second-order valence-corrected chi connectivity index (χ2v) is 7.29. The van der Waals surface area contributed by atoms with Crippen molar-refractivity contribution >= 4 is 43.9 Å². The zero-order valence-electron chi connectivity index (χ0n) is 15.1. The van der Waals surface area contributed by atoms with E-state index < -0.39 is 4.92 Å². The Morgan fingerprint density at radius 3 is 2.34 bits per heavy atom. The van der Waals surface area contributed by atoms with Crippen LogP contribution < -0.4 is 0 Å². The van der Waals surface area contributed by atoms with E-state index in [2.05, 4.69) is 26.2 Å². The lowest BCUT2D eigenvalue weighted by Crippen LogP contribution is -1.98. The lowest BCUT2D eigenvalue weighted by molar-refractivity contribution is -0.384. The fourth-order valence-electron chi connectivity index (χ4n) is 3.05. The van der Waals surface area contributed by atoms with E-state index in [1.807, 2.05) is 48.5 Å². The van der Waals surface area contributed by atoms with Crippen LogP contribution >= 0.6 is 15.9 Å². The Morgan fingerprint density at radius 2 is 1.66 bits per heavy atom. The summed E-state index contributed by atoms with van der Waals surface area (Å²) in [4.78, 5) is 10.3. The molecule has 3 aromatic carbocycles. The molecule has 0 bridgehead atoms. The van der Waals surface area contributed by atoms with Gasteiger partial charge in [0, 0.05) is 22.0 Å². The molecule has 0 unspecified atom stereocenters. The number of non-ortho nitro benzene ring substituents is 1. The summed E-state index contributed by atoms with van der Waals surface area (Å²) in [6.07, 6.45) is 0. The molecule has 7 nitrogen and oxygen atoms in total. The number of para-hydroxylation sites is 1. The van der Waals surface area contributed by atoms with Gasteiger partial charge in [0.15, 0.2) is 5.69 Å². The van der Waals surface area contributed by atoms with Gasteiger partial charge in [0.1, 0.15) is 0 Å². The first-order valence-electron chi connectivity index (χ1n) is 8.74. The molecule has 0 fully saturated rings. The number of nitro groups is 1. The molecule has 144 valence electrons. The third kappa shape index (κ3) is 3.88. The maximum Gasteiger partial charge on any atom is 0.269 e. The molecule has 0 spiro atoms. The van der Waals surface area contributed by atoms with E-state index in [9.17, 15) is 15.2 Å². The van der Waals surface area contributed by atoms with E-state index in [1.165, 1.54) is 24.3 Å². The topological polar surface area (TPSA) is 93.0 Å². The molecule has 1 aromatic heterocycles. The average Bonchev–Trinajstić information content (AvgIpc) is 2.99. The molecule has 0 amide bonds. The Kier molecular flexibility index (Phi) is 5.09. The van der Waals surface area contributed by atoms with Crippen molar-refractivity contribution in [3.8, 4) is 5.88 Å². The van der Waals surface area contributed by atoms with E-state index >= 15 is 0 Å². The van der Waals surface area contributed by atoms with Gasteiger partial charge in [0.05, 0.1) is 22.7 Å². The van der Waals surface area contributed by atoms with Crippen LogP contribution in [0.2, 0.25) is 0 Å². The van der Waals surface area contributed by atoms with E-state index in [0.29, 0.717) is 17.9 Å².